The van der Waals surface area contributed by atoms with Crippen LogP contribution in [0.15, 0.2) is 18.3 Å². The fourth-order valence-corrected chi connectivity index (χ4v) is 3.71. The van der Waals surface area contributed by atoms with Crippen LogP contribution in [0.5, 0.6) is 5.75 Å². The third kappa shape index (κ3) is 5.87. The van der Waals surface area contributed by atoms with Gasteiger partial charge >= 0.3 is 5.97 Å². The molecule has 3 rings (SSSR count). The Labute approximate surface area is 176 Å². The summed E-state index contributed by atoms with van der Waals surface area (Å²) in [6, 6.07) is 4.11. The molecule has 1 aliphatic heterocycles. The van der Waals surface area contributed by atoms with Crippen molar-refractivity contribution in [2.45, 2.75) is 39.7 Å². The molecule has 30 heavy (non-hydrogen) atoms. The smallest absolute Gasteiger partial charge is 0.317 e. The fraction of sp³-hybridized carbons (Fsp3) is 0.524. The van der Waals surface area contributed by atoms with Crippen LogP contribution in [-0.2, 0) is 9.53 Å². The van der Waals surface area contributed by atoms with Crippen LogP contribution in [0.2, 0.25) is 0 Å². The quantitative estimate of drug-likeness (QED) is 0.471. The Balaban J connectivity index is 1.72. The van der Waals surface area contributed by atoms with Gasteiger partial charge in [0.25, 0.3) is 0 Å². The standard InChI is InChI=1S/C21H29N5O4/c1-4-29-13-30-18-9-14(2)8-15(3)20(18)17-10-22-21(25-24-17)23-16-6-5-7-26(11-16)12-19(27)28/h8-10,16H,4-7,11-13H2,1-3H3,(H,27,28)(H,22,23,25). The van der Waals surface area contributed by atoms with Crippen molar-refractivity contribution in [1.29, 1.82) is 0 Å². The van der Waals surface area contributed by atoms with Gasteiger partial charge in [-0.15, -0.1) is 10.2 Å². The second-order valence-electron chi connectivity index (χ2n) is 7.49. The van der Waals surface area contributed by atoms with E-state index in [9.17, 15) is 4.79 Å². The van der Waals surface area contributed by atoms with Crippen molar-refractivity contribution in [3.05, 3.63) is 29.5 Å². The highest BCUT2D eigenvalue weighted by Crippen LogP contribution is 2.33. The van der Waals surface area contributed by atoms with E-state index in [1.165, 1.54) is 0 Å². The van der Waals surface area contributed by atoms with E-state index >= 15 is 0 Å². The minimum absolute atomic E-state index is 0.0491. The van der Waals surface area contributed by atoms with Crippen LogP contribution in [0.1, 0.15) is 30.9 Å². The van der Waals surface area contributed by atoms with Crippen molar-refractivity contribution >= 4 is 11.9 Å². The maximum absolute atomic E-state index is 10.9. The zero-order chi connectivity index (χ0) is 21.5. The molecule has 2 aromatic rings. The van der Waals surface area contributed by atoms with Gasteiger partial charge in [-0.2, -0.15) is 0 Å². The van der Waals surface area contributed by atoms with Crippen LogP contribution in [0.25, 0.3) is 11.3 Å². The second-order valence-corrected chi connectivity index (χ2v) is 7.49. The van der Waals surface area contributed by atoms with E-state index in [0.29, 0.717) is 30.5 Å². The monoisotopic (exact) mass is 415 g/mol. The van der Waals surface area contributed by atoms with Crippen molar-refractivity contribution in [3.63, 3.8) is 0 Å². The number of rotatable bonds is 9. The van der Waals surface area contributed by atoms with E-state index in [4.69, 9.17) is 14.6 Å². The molecule has 162 valence electrons. The fourth-order valence-electron chi connectivity index (χ4n) is 3.71. The number of aliphatic carboxylic acids is 1. The second kappa shape index (κ2) is 10.3. The highest BCUT2D eigenvalue weighted by Gasteiger charge is 2.22. The Hall–Kier alpha value is -2.78. The molecule has 1 aromatic heterocycles. The molecule has 1 saturated heterocycles. The molecule has 0 saturated carbocycles. The number of hydrogen-bond acceptors (Lipinski definition) is 8. The summed E-state index contributed by atoms with van der Waals surface area (Å²) in [6.07, 6.45) is 3.55. The van der Waals surface area contributed by atoms with Gasteiger partial charge in [-0.25, -0.2) is 4.98 Å². The summed E-state index contributed by atoms with van der Waals surface area (Å²) in [5.41, 5.74) is 3.58. The van der Waals surface area contributed by atoms with Gasteiger partial charge in [0, 0.05) is 24.8 Å². The number of likely N-dealkylation sites (tertiary alicyclic amines) is 1. The first-order valence-corrected chi connectivity index (χ1v) is 10.2. The predicted molar refractivity (Wildman–Crippen MR) is 113 cm³/mol. The highest BCUT2D eigenvalue weighted by molar-refractivity contribution is 5.71. The lowest BCUT2D eigenvalue weighted by Gasteiger charge is -2.31. The number of aromatic nitrogens is 3. The number of nitrogens with zero attached hydrogens (tertiary/aromatic N) is 4. The topological polar surface area (TPSA) is 110 Å². The molecule has 2 heterocycles. The lowest BCUT2D eigenvalue weighted by atomic mass is 10.0. The maximum atomic E-state index is 10.9. The SMILES string of the molecule is CCOCOc1cc(C)cc(C)c1-c1cnc(NC2CCCN(CC(=O)O)C2)nn1. The molecule has 0 aliphatic carbocycles. The van der Waals surface area contributed by atoms with Crippen molar-refractivity contribution in [2.75, 3.05) is 38.4 Å². The molecule has 1 fully saturated rings. The molecule has 0 radical (unpaired) electrons. The van der Waals surface area contributed by atoms with Crippen LogP contribution in [0.3, 0.4) is 0 Å². The molecule has 0 amide bonds. The molecule has 0 spiro atoms. The molecule has 1 aliphatic rings. The van der Waals surface area contributed by atoms with Gasteiger partial charge in [0.05, 0.1) is 12.7 Å². The summed E-state index contributed by atoms with van der Waals surface area (Å²) in [7, 11) is 0. The van der Waals surface area contributed by atoms with E-state index in [1.54, 1.807) is 6.20 Å². The Bertz CT molecular complexity index is 859. The Morgan fingerprint density at radius 1 is 1.33 bits per heavy atom. The van der Waals surface area contributed by atoms with E-state index in [0.717, 1.165) is 36.1 Å². The minimum atomic E-state index is -0.811. The van der Waals surface area contributed by atoms with Gasteiger partial charge in [-0.05, 0) is 57.4 Å². The number of hydrogen-bond donors (Lipinski definition) is 2. The summed E-state index contributed by atoms with van der Waals surface area (Å²) < 4.78 is 11.1. The third-order valence-electron chi connectivity index (χ3n) is 4.96. The van der Waals surface area contributed by atoms with E-state index in [-0.39, 0.29) is 19.4 Å². The zero-order valence-electron chi connectivity index (χ0n) is 17.7. The van der Waals surface area contributed by atoms with Crippen LogP contribution in [0.4, 0.5) is 5.95 Å². The Kier molecular flexibility index (Phi) is 7.53. The Morgan fingerprint density at radius 2 is 2.17 bits per heavy atom. The molecule has 1 atom stereocenters. The number of piperidine rings is 1. The molecule has 9 nitrogen and oxygen atoms in total. The largest absolute Gasteiger partial charge is 0.480 e. The predicted octanol–water partition coefficient (Wildman–Crippen LogP) is 2.49. The lowest BCUT2D eigenvalue weighted by molar-refractivity contribution is -0.138. The summed E-state index contributed by atoms with van der Waals surface area (Å²) in [5, 5.41) is 20.9. The van der Waals surface area contributed by atoms with Crippen molar-refractivity contribution in [1.82, 2.24) is 20.1 Å². The van der Waals surface area contributed by atoms with Crippen LogP contribution in [0, 0.1) is 13.8 Å². The van der Waals surface area contributed by atoms with Gasteiger partial charge in [0.1, 0.15) is 11.4 Å². The normalized spacial score (nSPS) is 17.0. The van der Waals surface area contributed by atoms with Crippen LogP contribution < -0.4 is 10.1 Å². The van der Waals surface area contributed by atoms with E-state index < -0.39 is 5.97 Å². The van der Waals surface area contributed by atoms with Gasteiger partial charge in [-0.3, -0.25) is 9.69 Å². The zero-order valence-corrected chi connectivity index (χ0v) is 17.7. The molecule has 2 N–H and O–H groups in total. The van der Waals surface area contributed by atoms with E-state index in [1.807, 2.05) is 31.7 Å². The molecular weight excluding hydrogens is 386 g/mol. The number of ether oxygens (including phenoxy) is 2. The summed E-state index contributed by atoms with van der Waals surface area (Å²) in [5.74, 6) is 0.311. The van der Waals surface area contributed by atoms with Crippen molar-refractivity contribution in [3.8, 4) is 17.0 Å². The number of aryl methyl sites for hydroxylation is 2. The van der Waals surface area contributed by atoms with Gasteiger partial charge in [0.2, 0.25) is 5.95 Å². The van der Waals surface area contributed by atoms with Gasteiger partial charge in [-0.1, -0.05) is 6.07 Å². The molecule has 1 aromatic carbocycles. The number of carboxylic acid groups (broad SMARTS) is 1. The average molecular weight is 415 g/mol. The molecule has 9 heteroatoms. The van der Waals surface area contributed by atoms with Crippen LogP contribution >= 0.6 is 0 Å². The minimum Gasteiger partial charge on any atom is -0.480 e. The molecule has 1 unspecified atom stereocenters. The number of benzene rings is 1. The first-order chi connectivity index (χ1) is 14.5. The summed E-state index contributed by atoms with van der Waals surface area (Å²) in [6.45, 7) is 8.16. The van der Waals surface area contributed by atoms with Crippen molar-refractivity contribution < 1.29 is 19.4 Å². The van der Waals surface area contributed by atoms with Crippen LogP contribution in [-0.4, -0.2) is 70.2 Å². The first kappa shape index (κ1) is 21.9. The first-order valence-electron chi connectivity index (χ1n) is 10.2. The highest BCUT2D eigenvalue weighted by atomic mass is 16.7. The molecular formula is C21H29N5O4. The van der Waals surface area contributed by atoms with Gasteiger partial charge < -0.3 is 19.9 Å². The third-order valence-corrected chi connectivity index (χ3v) is 4.96. The Morgan fingerprint density at radius 3 is 2.87 bits per heavy atom. The summed E-state index contributed by atoms with van der Waals surface area (Å²) >= 11 is 0. The van der Waals surface area contributed by atoms with E-state index in [2.05, 4.69) is 26.6 Å². The molecule has 0 bridgehead atoms. The average Bonchev–Trinajstić information content (AvgIpc) is 2.69. The number of carbonyl (C=O) groups is 1. The summed E-state index contributed by atoms with van der Waals surface area (Å²) in [4.78, 5) is 17.3. The number of carboxylic acids is 1. The lowest BCUT2D eigenvalue weighted by Crippen LogP contribution is -2.44. The maximum Gasteiger partial charge on any atom is 0.317 e. The number of nitrogens with one attached hydrogen (secondary N) is 1. The van der Waals surface area contributed by atoms with Gasteiger partial charge in [0.15, 0.2) is 6.79 Å². The van der Waals surface area contributed by atoms with Crippen molar-refractivity contribution in [2.24, 2.45) is 0 Å². The number of anilines is 1.